The quantitative estimate of drug-likeness (QED) is 0.240. The maximum Gasteiger partial charge on any atom is 0.236 e. The van der Waals surface area contributed by atoms with Crippen LogP contribution in [0.1, 0.15) is 0 Å². The lowest BCUT2D eigenvalue weighted by atomic mass is 9.96. The first kappa shape index (κ1) is 21.3. The highest BCUT2D eigenvalue weighted by molar-refractivity contribution is 7.16. The Morgan fingerprint density at radius 2 is 1.18 bits per heavy atom. The van der Waals surface area contributed by atoms with Crippen LogP contribution in [0.2, 0.25) is 0 Å². The summed E-state index contributed by atoms with van der Waals surface area (Å²) in [6.45, 7) is 0. The normalized spacial score (nSPS) is 11.7. The molecule has 4 heteroatoms. The van der Waals surface area contributed by atoms with E-state index in [4.69, 9.17) is 9.97 Å². The van der Waals surface area contributed by atoms with Gasteiger partial charge in [0, 0.05) is 21.7 Å². The highest BCUT2D eigenvalue weighted by Gasteiger charge is 2.17. The molecule has 0 atom stereocenters. The third-order valence-corrected chi connectivity index (χ3v) is 8.14. The summed E-state index contributed by atoms with van der Waals surface area (Å²) in [6, 6.07) is 42.9. The summed E-state index contributed by atoms with van der Waals surface area (Å²) in [5.74, 6) is 0.697. The van der Waals surface area contributed by atoms with Crippen molar-refractivity contribution in [1.82, 2.24) is 14.5 Å². The molecule has 0 radical (unpaired) electrons. The Hall–Kier alpha value is -4.80. The maximum absolute atomic E-state index is 5.24. The molecule has 8 aromatic rings. The van der Waals surface area contributed by atoms with Gasteiger partial charge in [0.1, 0.15) is 4.83 Å². The van der Waals surface area contributed by atoms with Crippen molar-refractivity contribution >= 4 is 54.1 Å². The van der Waals surface area contributed by atoms with Crippen LogP contribution in [-0.4, -0.2) is 14.5 Å². The Morgan fingerprint density at radius 1 is 0.526 bits per heavy atom. The molecule has 178 valence electrons. The number of rotatable bonds is 3. The Kier molecular flexibility index (Phi) is 4.69. The van der Waals surface area contributed by atoms with Gasteiger partial charge < -0.3 is 0 Å². The molecular weight excluding hydrogens is 482 g/mol. The second-order valence-electron chi connectivity index (χ2n) is 9.49. The minimum absolute atomic E-state index is 0.697. The van der Waals surface area contributed by atoms with Crippen LogP contribution in [0.15, 0.2) is 127 Å². The third kappa shape index (κ3) is 3.21. The lowest BCUT2D eigenvalue weighted by Crippen LogP contribution is -2.02. The first-order valence-corrected chi connectivity index (χ1v) is 13.6. The summed E-state index contributed by atoms with van der Waals surface area (Å²) in [4.78, 5) is 11.3. The van der Waals surface area contributed by atoms with Crippen molar-refractivity contribution in [3.8, 4) is 28.3 Å². The molecule has 5 aromatic carbocycles. The predicted octanol–water partition coefficient (Wildman–Crippen LogP) is 9.28. The Morgan fingerprint density at radius 3 is 2.00 bits per heavy atom. The number of para-hydroxylation sites is 2. The van der Waals surface area contributed by atoms with Crippen molar-refractivity contribution < 1.29 is 0 Å². The maximum atomic E-state index is 5.24. The fourth-order valence-corrected chi connectivity index (χ4v) is 6.37. The number of hydrogen-bond acceptors (Lipinski definition) is 3. The minimum Gasteiger partial charge on any atom is -0.278 e. The van der Waals surface area contributed by atoms with Gasteiger partial charge >= 0.3 is 0 Å². The van der Waals surface area contributed by atoms with Gasteiger partial charge in [0.05, 0.1) is 16.7 Å². The summed E-state index contributed by atoms with van der Waals surface area (Å²) in [7, 11) is 0. The summed E-state index contributed by atoms with van der Waals surface area (Å²) < 4.78 is 2.20. The van der Waals surface area contributed by atoms with Gasteiger partial charge in [-0.15, -0.1) is 11.3 Å². The van der Waals surface area contributed by atoms with Gasteiger partial charge in [0.2, 0.25) is 5.95 Å². The molecule has 38 heavy (non-hydrogen) atoms. The molecule has 0 aliphatic rings. The first-order chi connectivity index (χ1) is 18.8. The van der Waals surface area contributed by atoms with Gasteiger partial charge in [-0.3, -0.25) is 4.57 Å². The largest absolute Gasteiger partial charge is 0.278 e. The number of benzene rings is 5. The smallest absolute Gasteiger partial charge is 0.236 e. The van der Waals surface area contributed by atoms with Crippen molar-refractivity contribution in [3.05, 3.63) is 127 Å². The summed E-state index contributed by atoms with van der Waals surface area (Å²) in [5, 5.41) is 8.09. The Balaban J connectivity index is 1.38. The van der Waals surface area contributed by atoms with Crippen LogP contribution < -0.4 is 0 Å². The van der Waals surface area contributed by atoms with Crippen molar-refractivity contribution in [1.29, 1.82) is 0 Å². The SMILES string of the molecule is c1cc(-c2cccc3ccccc23)cc(-c2nc(-n3c4ccccc4c4ccccc43)nc3sccc23)c1. The number of fused-ring (bicyclic) bond motifs is 5. The fourth-order valence-electron chi connectivity index (χ4n) is 5.61. The molecule has 8 rings (SSSR count). The molecule has 0 saturated heterocycles. The molecule has 0 unspecified atom stereocenters. The van der Waals surface area contributed by atoms with E-state index in [1.165, 1.54) is 32.7 Å². The average molecular weight is 504 g/mol. The van der Waals surface area contributed by atoms with Crippen LogP contribution >= 0.6 is 11.3 Å². The van der Waals surface area contributed by atoms with E-state index >= 15 is 0 Å². The zero-order chi connectivity index (χ0) is 25.1. The van der Waals surface area contributed by atoms with Gasteiger partial charge in [-0.05, 0) is 51.5 Å². The van der Waals surface area contributed by atoms with E-state index in [1.807, 2.05) is 0 Å². The number of aromatic nitrogens is 3. The number of thiophene rings is 1. The van der Waals surface area contributed by atoms with Crippen LogP contribution in [0.4, 0.5) is 0 Å². The van der Waals surface area contributed by atoms with E-state index in [1.54, 1.807) is 11.3 Å². The molecule has 0 bridgehead atoms. The molecule has 0 aliphatic carbocycles. The Bertz CT molecular complexity index is 2090. The highest BCUT2D eigenvalue weighted by Crippen LogP contribution is 2.36. The number of hydrogen-bond donors (Lipinski definition) is 0. The molecular formula is C34H21N3S. The topological polar surface area (TPSA) is 30.7 Å². The van der Waals surface area contributed by atoms with Gasteiger partial charge in [0.15, 0.2) is 0 Å². The molecule has 0 N–H and O–H groups in total. The highest BCUT2D eigenvalue weighted by atomic mass is 32.1. The molecule has 0 amide bonds. The first-order valence-electron chi connectivity index (χ1n) is 12.7. The van der Waals surface area contributed by atoms with Crippen LogP contribution in [-0.2, 0) is 0 Å². The van der Waals surface area contributed by atoms with Crippen LogP contribution in [0.5, 0.6) is 0 Å². The van der Waals surface area contributed by atoms with Crippen molar-refractivity contribution in [2.45, 2.75) is 0 Å². The molecule has 0 aliphatic heterocycles. The third-order valence-electron chi connectivity index (χ3n) is 7.33. The predicted molar refractivity (Wildman–Crippen MR) is 160 cm³/mol. The van der Waals surface area contributed by atoms with Crippen LogP contribution in [0.25, 0.3) is 71.1 Å². The average Bonchev–Trinajstić information content (AvgIpc) is 3.59. The van der Waals surface area contributed by atoms with E-state index in [-0.39, 0.29) is 0 Å². The summed E-state index contributed by atoms with van der Waals surface area (Å²) >= 11 is 1.66. The monoisotopic (exact) mass is 503 g/mol. The van der Waals surface area contributed by atoms with Gasteiger partial charge in [-0.1, -0.05) is 97.1 Å². The van der Waals surface area contributed by atoms with Crippen molar-refractivity contribution in [3.63, 3.8) is 0 Å². The van der Waals surface area contributed by atoms with Crippen LogP contribution in [0.3, 0.4) is 0 Å². The van der Waals surface area contributed by atoms with Gasteiger partial charge in [-0.2, -0.15) is 0 Å². The Labute approximate surface area is 223 Å². The molecule has 0 spiro atoms. The zero-order valence-corrected chi connectivity index (χ0v) is 21.2. The van der Waals surface area contributed by atoms with E-state index < -0.39 is 0 Å². The number of nitrogens with zero attached hydrogens (tertiary/aromatic N) is 3. The van der Waals surface area contributed by atoms with E-state index in [0.717, 1.165) is 32.5 Å². The van der Waals surface area contributed by atoms with Gasteiger partial charge in [0.25, 0.3) is 0 Å². The molecule has 3 aromatic heterocycles. The minimum atomic E-state index is 0.697. The molecule has 3 heterocycles. The second-order valence-corrected chi connectivity index (χ2v) is 10.4. The summed E-state index contributed by atoms with van der Waals surface area (Å²) in [5.41, 5.74) is 6.67. The van der Waals surface area contributed by atoms with Crippen molar-refractivity contribution in [2.24, 2.45) is 0 Å². The van der Waals surface area contributed by atoms with E-state index in [2.05, 4.69) is 131 Å². The molecule has 3 nitrogen and oxygen atoms in total. The molecule has 0 saturated carbocycles. The van der Waals surface area contributed by atoms with Gasteiger partial charge in [-0.25, -0.2) is 9.97 Å². The lowest BCUT2D eigenvalue weighted by molar-refractivity contribution is 1.02. The zero-order valence-electron chi connectivity index (χ0n) is 20.4. The lowest BCUT2D eigenvalue weighted by Gasteiger charge is -2.12. The van der Waals surface area contributed by atoms with Crippen molar-refractivity contribution in [2.75, 3.05) is 0 Å². The molecule has 0 fully saturated rings. The second kappa shape index (κ2) is 8.37. The summed E-state index contributed by atoms with van der Waals surface area (Å²) in [6.07, 6.45) is 0. The van der Waals surface area contributed by atoms with E-state index in [0.29, 0.717) is 5.95 Å². The standard InChI is InChI=1S/C34H21N3S/c1-2-13-25-22(9-1)10-8-16-26(25)23-11-7-12-24(21-23)32-29-19-20-38-33(29)36-34(35-32)37-30-17-5-3-14-27(30)28-15-4-6-18-31(28)37/h1-21H. The van der Waals surface area contributed by atoms with Crippen LogP contribution in [0, 0.1) is 0 Å². The fraction of sp³-hybridized carbons (Fsp3) is 0. The van der Waals surface area contributed by atoms with E-state index in [9.17, 15) is 0 Å².